The van der Waals surface area contributed by atoms with Gasteiger partial charge in [0.05, 0.1) is 12.6 Å². The molecule has 0 spiro atoms. The Morgan fingerprint density at radius 1 is 0.967 bits per heavy atom. The highest BCUT2D eigenvalue weighted by Gasteiger charge is 2.44. The predicted octanol–water partition coefficient (Wildman–Crippen LogP) is 1.42. The summed E-state index contributed by atoms with van der Waals surface area (Å²) in [5.74, 6) is 0. The van der Waals surface area contributed by atoms with E-state index >= 15 is 0 Å². The molecule has 2 aliphatic rings. The molecule has 0 aromatic heterocycles. The first-order chi connectivity index (χ1) is 14.0. The number of halogens is 1. The summed E-state index contributed by atoms with van der Waals surface area (Å²) in [6, 6.07) is 14.6. The first-order valence-corrected chi connectivity index (χ1v) is 10.3. The quantitative estimate of drug-likeness (QED) is 0.498. The van der Waals surface area contributed by atoms with E-state index in [0.717, 1.165) is 30.5 Å². The highest BCUT2D eigenvalue weighted by molar-refractivity contribution is 5.85. The van der Waals surface area contributed by atoms with Crippen molar-refractivity contribution < 1.29 is 25.2 Å². The molecule has 5 N–H and O–H groups in total. The van der Waals surface area contributed by atoms with Gasteiger partial charge in [0.25, 0.3) is 0 Å². The maximum Gasteiger partial charge on any atom is 0.113 e. The fourth-order valence-electron chi connectivity index (χ4n) is 4.37. The molecule has 2 aliphatic heterocycles. The normalized spacial score (nSPS) is 31.0. The number of rotatable bonds is 4. The van der Waals surface area contributed by atoms with Crippen molar-refractivity contribution in [3.63, 3.8) is 0 Å². The third kappa shape index (κ3) is 4.27. The fraction of sp³-hybridized carbons (Fsp3) is 0.478. The van der Waals surface area contributed by atoms with Crippen LogP contribution >= 0.6 is 12.4 Å². The van der Waals surface area contributed by atoms with Crippen molar-refractivity contribution in [2.24, 2.45) is 0 Å². The molecule has 2 heterocycles. The second-order valence-corrected chi connectivity index (χ2v) is 7.94. The minimum absolute atomic E-state index is 0. The first-order valence-electron chi connectivity index (χ1n) is 10.3. The predicted molar refractivity (Wildman–Crippen MR) is 116 cm³/mol. The molecule has 6 atom stereocenters. The number of aliphatic hydroxyl groups is 4. The number of fused-ring (bicyclic) bond motifs is 1. The van der Waals surface area contributed by atoms with Crippen molar-refractivity contribution in [3.05, 3.63) is 70.3 Å². The highest BCUT2D eigenvalue weighted by Crippen LogP contribution is 2.36. The van der Waals surface area contributed by atoms with Crippen LogP contribution in [-0.4, -0.2) is 58.0 Å². The number of benzene rings is 2. The molecule has 1 fully saturated rings. The Kier molecular flexibility index (Phi) is 7.52. The lowest BCUT2D eigenvalue weighted by Gasteiger charge is -2.40. The molecule has 0 radical (unpaired) electrons. The van der Waals surface area contributed by atoms with Crippen molar-refractivity contribution in [2.45, 2.75) is 56.3 Å². The van der Waals surface area contributed by atoms with Crippen LogP contribution in [0.2, 0.25) is 0 Å². The van der Waals surface area contributed by atoms with Crippen LogP contribution in [0, 0.1) is 0 Å². The van der Waals surface area contributed by atoms with E-state index in [2.05, 4.69) is 36.5 Å². The zero-order valence-electron chi connectivity index (χ0n) is 16.9. The van der Waals surface area contributed by atoms with Crippen molar-refractivity contribution in [1.82, 2.24) is 5.32 Å². The molecule has 0 amide bonds. The Hall–Kier alpha value is -1.51. The molecule has 0 aliphatic carbocycles. The molecular formula is C23H30ClNO5. The van der Waals surface area contributed by atoms with E-state index in [1.165, 1.54) is 16.7 Å². The van der Waals surface area contributed by atoms with Crippen LogP contribution in [0.3, 0.4) is 0 Å². The molecule has 4 rings (SSSR count). The third-order valence-corrected chi connectivity index (χ3v) is 6.17. The van der Waals surface area contributed by atoms with E-state index < -0.39 is 37.1 Å². The molecule has 30 heavy (non-hydrogen) atoms. The highest BCUT2D eigenvalue weighted by atomic mass is 35.5. The molecule has 164 valence electrons. The van der Waals surface area contributed by atoms with Gasteiger partial charge in [0.15, 0.2) is 0 Å². The van der Waals surface area contributed by atoms with Crippen molar-refractivity contribution in [1.29, 1.82) is 0 Å². The average molecular weight is 436 g/mol. The maximum atomic E-state index is 10.5. The Bertz CT molecular complexity index is 844. The zero-order chi connectivity index (χ0) is 20.5. The van der Waals surface area contributed by atoms with Crippen LogP contribution in [0.5, 0.6) is 0 Å². The molecule has 0 bridgehead atoms. The van der Waals surface area contributed by atoms with Gasteiger partial charge in [0.1, 0.15) is 30.5 Å². The van der Waals surface area contributed by atoms with Crippen molar-refractivity contribution in [3.8, 4) is 0 Å². The van der Waals surface area contributed by atoms with Gasteiger partial charge in [-0.2, -0.15) is 0 Å². The molecule has 2 aromatic carbocycles. The Morgan fingerprint density at radius 2 is 1.67 bits per heavy atom. The van der Waals surface area contributed by atoms with E-state index in [0.29, 0.717) is 0 Å². The van der Waals surface area contributed by atoms with Crippen LogP contribution < -0.4 is 5.32 Å². The summed E-state index contributed by atoms with van der Waals surface area (Å²) in [4.78, 5) is 0. The van der Waals surface area contributed by atoms with Gasteiger partial charge in [-0.05, 0) is 40.7 Å². The number of hydrogen-bond donors (Lipinski definition) is 5. The summed E-state index contributed by atoms with van der Waals surface area (Å²) in [6.07, 6.45) is -3.83. The first kappa shape index (κ1) is 23.2. The number of hydrogen-bond acceptors (Lipinski definition) is 6. The molecule has 1 saturated heterocycles. The van der Waals surface area contributed by atoms with E-state index in [-0.39, 0.29) is 18.4 Å². The standard InChI is InChI=1S/C23H29NO5.ClH/c1-2-13-3-5-15(6-4-13)19-17-11-16(8-7-14(17)9-10-24-19)23-22(28)21(27)20(26)18(12-25)29-23;/h3-8,11,18-28H,2,9-10,12H2,1H3;1H/t18-,19+,20-,21+,22-,23+;/m1./s1. The fourth-order valence-corrected chi connectivity index (χ4v) is 4.37. The maximum absolute atomic E-state index is 10.5. The molecule has 0 unspecified atom stereocenters. The van der Waals surface area contributed by atoms with Crippen LogP contribution in [0.4, 0.5) is 0 Å². The second kappa shape index (κ2) is 9.75. The van der Waals surface area contributed by atoms with Gasteiger partial charge < -0.3 is 30.5 Å². The lowest BCUT2D eigenvalue weighted by Crippen LogP contribution is -2.55. The largest absolute Gasteiger partial charge is 0.394 e. The average Bonchev–Trinajstić information content (AvgIpc) is 2.77. The van der Waals surface area contributed by atoms with Crippen LogP contribution in [0.25, 0.3) is 0 Å². The summed E-state index contributed by atoms with van der Waals surface area (Å²) in [6.45, 7) is 2.59. The van der Waals surface area contributed by atoms with Crippen molar-refractivity contribution >= 4 is 12.4 Å². The summed E-state index contributed by atoms with van der Waals surface area (Å²) < 4.78 is 5.75. The summed E-state index contributed by atoms with van der Waals surface area (Å²) in [5.41, 5.74) is 5.55. The number of aliphatic hydroxyl groups excluding tert-OH is 4. The second-order valence-electron chi connectivity index (χ2n) is 7.94. The zero-order valence-corrected chi connectivity index (χ0v) is 17.8. The summed E-state index contributed by atoms with van der Waals surface area (Å²) in [5, 5.41) is 43.7. The number of ether oxygens (including phenoxy) is 1. The minimum Gasteiger partial charge on any atom is -0.394 e. The number of nitrogens with one attached hydrogen (secondary N) is 1. The van der Waals surface area contributed by atoms with Crippen LogP contribution in [0.1, 0.15) is 46.9 Å². The van der Waals surface area contributed by atoms with Crippen molar-refractivity contribution in [2.75, 3.05) is 13.2 Å². The SMILES string of the molecule is CCc1ccc([C@@H]2NCCc3ccc([C@@H]4O[C@H](CO)[C@@H](O)[C@H](O)[C@H]4O)cc32)cc1.Cl. The minimum atomic E-state index is -1.38. The lowest BCUT2D eigenvalue weighted by molar-refractivity contribution is -0.231. The van der Waals surface area contributed by atoms with Gasteiger partial charge in [-0.25, -0.2) is 0 Å². The van der Waals surface area contributed by atoms with Gasteiger partial charge in [-0.3, -0.25) is 0 Å². The Balaban J connectivity index is 0.00000256. The molecule has 0 saturated carbocycles. The van der Waals surface area contributed by atoms with E-state index in [9.17, 15) is 20.4 Å². The van der Waals surface area contributed by atoms with Gasteiger partial charge >= 0.3 is 0 Å². The lowest BCUT2D eigenvalue weighted by atomic mass is 9.85. The van der Waals surface area contributed by atoms with Gasteiger partial charge in [0.2, 0.25) is 0 Å². The smallest absolute Gasteiger partial charge is 0.113 e. The molecule has 6 nitrogen and oxygen atoms in total. The van der Waals surface area contributed by atoms with Crippen LogP contribution in [0.15, 0.2) is 42.5 Å². The van der Waals surface area contributed by atoms with Gasteiger partial charge in [-0.15, -0.1) is 12.4 Å². The summed E-state index contributed by atoms with van der Waals surface area (Å²) >= 11 is 0. The topological polar surface area (TPSA) is 102 Å². The molecule has 7 heteroatoms. The van der Waals surface area contributed by atoms with Crippen LogP contribution in [-0.2, 0) is 17.6 Å². The Morgan fingerprint density at radius 3 is 2.33 bits per heavy atom. The van der Waals surface area contributed by atoms with Gasteiger partial charge in [0, 0.05) is 6.54 Å². The molecular weight excluding hydrogens is 406 g/mol. The van der Waals surface area contributed by atoms with E-state index in [4.69, 9.17) is 4.74 Å². The van der Waals surface area contributed by atoms with E-state index in [1.54, 1.807) is 0 Å². The molecule has 2 aromatic rings. The summed E-state index contributed by atoms with van der Waals surface area (Å²) in [7, 11) is 0. The number of aryl methyl sites for hydroxylation is 1. The van der Waals surface area contributed by atoms with E-state index in [1.807, 2.05) is 18.2 Å². The van der Waals surface area contributed by atoms with Gasteiger partial charge in [-0.1, -0.05) is 49.4 Å². The monoisotopic (exact) mass is 435 g/mol. The third-order valence-electron chi connectivity index (χ3n) is 6.17. The Labute approximate surface area is 182 Å².